The van der Waals surface area contributed by atoms with Crippen LogP contribution >= 0.6 is 0 Å². The summed E-state index contributed by atoms with van der Waals surface area (Å²) >= 11 is 0. The Hall–Kier alpha value is -5.98. The second kappa shape index (κ2) is 14.9. The Morgan fingerprint density at radius 1 is 1.00 bits per heavy atom. The Balaban J connectivity index is 1.26. The number of benzene rings is 2. The number of aromatic nitrogens is 3. The topological polar surface area (TPSA) is 154 Å². The van der Waals surface area contributed by atoms with E-state index in [1.54, 1.807) is 33.9 Å². The lowest BCUT2D eigenvalue weighted by Gasteiger charge is -2.24. The largest absolute Gasteiger partial charge is 0.467 e. The van der Waals surface area contributed by atoms with Gasteiger partial charge in [-0.3, -0.25) is 14.4 Å². The third-order valence-corrected chi connectivity index (χ3v) is 9.14. The van der Waals surface area contributed by atoms with E-state index >= 15 is 0 Å². The van der Waals surface area contributed by atoms with E-state index in [0.717, 1.165) is 34.6 Å². The van der Waals surface area contributed by atoms with E-state index in [0.29, 0.717) is 31.4 Å². The number of unbranched alkanes of at least 4 members (excludes halogenated alkanes) is 1. The predicted molar refractivity (Wildman–Crippen MR) is 201 cm³/mol. The van der Waals surface area contributed by atoms with Gasteiger partial charge in [0, 0.05) is 23.4 Å². The summed E-state index contributed by atoms with van der Waals surface area (Å²) in [6.45, 7) is 9.31. The fourth-order valence-corrected chi connectivity index (χ4v) is 6.77. The quantitative estimate of drug-likeness (QED) is 0.169. The molecule has 0 saturated heterocycles. The summed E-state index contributed by atoms with van der Waals surface area (Å²) in [7, 11) is 1.24. The van der Waals surface area contributed by atoms with Crippen LogP contribution in [-0.2, 0) is 25.5 Å². The van der Waals surface area contributed by atoms with E-state index in [4.69, 9.17) is 9.47 Å². The molecule has 13 nitrogen and oxygen atoms in total. The summed E-state index contributed by atoms with van der Waals surface area (Å²) in [5, 5.41) is 6.95. The van der Waals surface area contributed by atoms with Crippen molar-refractivity contribution in [2.24, 2.45) is 0 Å². The van der Waals surface area contributed by atoms with Gasteiger partial charge < -0.3 is 24.7 Å². The number of alkyl carbamates (subject to hydrolysis) is 1. The van der Waals surface area contributed by atoms with Gasteiger partial charge in [0.25, 0.3) is 17.4 Å². The van der Waals surface area contributed by atoms with Crippen LogP contribution in [-0.4, -0.2) is 63.4 Å². The second-order valence-electron chi connectivity index (χ2n) is 14.2. The smallest absolute Gasteiger partial charge is 0.407 e. The van der Waals surface area contributed by atoms with E-state index < -0.39 is 35.2 Å². The number of hydrogen-bond donors (Lipinski definition) is 2. The summed E-state index contributed by atoms with van der Waals surface area (Å²) in [4.78, 5) is 71.2. The summed E-state index contributed by atoms with van der Waals surface area (Å²) in [5.41, 5.74) is 4.36. The fourth-order valence-electron chi connectivity index (χ4n) is 6.77. The molecule has 0 radical (unpaired) electrons. The molecule has 13 heteroatoms. The molecular weight excluding hydrogens is 676 g/mol. The number of rotatable bonds is 10. The lowest BCUT2D eigenvalue weighted by Crippen LogP contribution is -2.44. The Labute approximate surface area is 307 Å². The van der Waals surface area contributed by atoms with Crippen molar-refractivity contribution >= 4 is 46.0 Å². The molecule has 4 aromatic rings. The molecule has 0 bridgehead atoms. The van der Waals surface area contributed by atoms with Crippen LogP contribution in [0.1, 0.15) is 85.2 Å². The molecule has 1 aliphatic carbocycles. The zero-order chi connectivity index (χ0) is 38.0. The number of carbonyl (C=O) groups is 4. The van der Waals surface area contributed by atoms with Crippen LogP contribution < -0.4 is 21.2 Å². The average Bonchev–Trinajstić information content (AvgIpc) is 3.39. The number of nitrogens with zero attached hydrogens (tertiary/aromatic N) is 4. The zero-order valence-electron chi connectivity index (χ0n) is 30.8. The van der Waals surface area contributed by atoms with Gasteiger partial charge in [-0.15, -0.1) is 0 Å². The van der Waals surface area contributed by atoms with Gasteiger partial charge in [0.15, 0.2) is 0 Å². The molecule has 6 rings (SSSR count). The molecule has 3 heterocycles. The van der Waals surface area contributed by atoms with Gasteiger partial charge in [0.2, 0.25) is 0 Å². The molecule has 2 aromatic heterocycles. The van der Waals surface area contributed by atoms with Crippen molar-refractivity contribution in [1.82, 2.24) is 24.9 Å². The number of hydrogen-bond acceptors (Lipinski definition) is 8. The Morgan fingerprint density at radius 2 is 1.75 bits per heavy atom. The van der Waals surface area contributed by atoms with Gasteiger partial charge in [-0.2, -0.15) is 4.68 Å². The van der Waals surface area contributed by atoms with Crippen molar-refractivity contribution in [3.8, 4) is 0 Å². The van der Waals surface area contributed by atoms with Gasteiger partial charge in [0.1, 0.15) is 17.5 Å². The van der Waals surface area contributed by atoms with Gasteiger partial charge in [-0.05, 0) is 96.6 Å². The van der Waals surface area contributed by atoms with E-state index in [1.807, 2.05) is 43.3 Å². The lowest BCUT2D eigenvalue weighted by molar-refractivity contribution is -0.143. The Kier molecular flexibility index (Phi) is 10.4. The lowest BCUT2D eigenvalue weighted by atomic mass is 9.96. The molecule has 0 fully saturated rings. The number of amides is 3. The number of aryl methyl sites for hydroxylation is 3. The molecule has 2 N–H and O–H groups in total. The van der Waals surface area contributed by atoms with Crippen molar-refractivity contribution in [3.63, 3.8) is 0 Å². The van der Waals surface area contributed by atoms with Crippen LogP contribution in [0.15, 0.2) is 71.7 Å². The van der Waals surface area contributed by atoms with Crippen LogP contribution in [0.5, 0.6) is 0 Å². The SMILES string of the molecule is COC(=O)[C@H](CCCCNC(=O)OC(C)(C)C)NC(=O)c1ccc2c(=O)n(N3C=C(c4ccccc4)n4c(C)cc5c4C(=CCC5)C3=O)c(C)nc2c1. The number of methoxy groups -OCH3 is 1. The minimum absolute atomic E-state index is 0.189. The normalized spacial score (nSPS) is 14.5. The number of nitrogens with one attached hydrogen (secondary N) is 2. The van der Waals surface area contributed by atoms with Crippen LogP contribution in [0.25, 0.3) is 22.2 Å². The first kappa shape index (κ1) is 36.8. The summed E-state index contributed by atoms with van der Waals surface area (Å²) in [6.07, 6.45) is 5.91. The molecule has 2 aliphatic rings. The maximum atomic E-state index is 14.4. The molecule has 2 aromatic carbocycles. The van der Waals surface area contributed by atoms with Gasteiger partial charge >= 0.3 is 12.1 Å². The molecular formula is C40H44N6O7. The van der Waals surface area contributed by atoms with Gasteiger partial charge in [-0.1, -0.05) is 36.4 Å². The minimum atomic E-state index is -0.939. The monoisotopic (exact) mass is 720 g/mol. The van der Waals surface area contributed by atoms with Crippen molar-refractivity contribution in [2.45, 2.75) is 78.4 Å². The third kappa shape index (κ3) is 7.64. The first-order valence-electron chi connectivity index (χ1n) is 17.7. The first-order valence-corrected chi connectivity index (χ1v) is 17.7. The van der Waals surface area contributed by atoms with Gasteiger partial charge in [-0.25, -0.2) is 19.6 Å². The highest BCUT2D eigenvalue weighted by Gasteiger charge is 2.34. The maximum Gasteiger partial charge on any atom is 0.407 e. The molecule has 3 amide bonds. The highest BCUT2D eigenvalue weighted by Crippen LogP contribution is 2.37. The predicted octanol–water partition coefficient (Wildman–Crippen LogP) is 5.14. The Bertz CT molecular complexity index is 2230. The number of esters is 1. The Morgan fingerprint density at radius 3 is 2.47 bits per heavy atom. The molecule has 1 aliphatic heterocycles. The molecule has 0 unspecified atom stereocenters. The second-order valence-corrected chi connectivity index (χ2v) is 14.2. The number of ether oxygens (including phenoxy) is 2. The summed E-state index contributed by atoms with van der Waals surface area (Å²) in [5.74, 6) is -1.27. The summed E-state index contributed by atoms with van der Waals surface area (Å²) in [6, 6.07) is 15.4. The van der Waals surface area contributed by atoms with Crippen LogP contribution in [0.2, 0.25) is 0 Å². The van der Waals surface area contributed by atoms with Crippen molar-refractivity contribution in [1.29, 1.82) is 0 Å². The third-order valence-electron chi connectivity index (χ3n) is 9.14. The summed E-state index contributed by atoms with van der Waals surface area (Å²) < 4.78 is 13.5. The first-order chi connectivity index (χ1) is 25.3. The van der Waals surface area contributed by atoms with E-state index in [-0.39, 0.29) is 34.6 Å². The molecule has 1 atom stereocenters. The highest BCUT2D eigenvalue weighted by atomic mass is 16.6. The average molecular weight is 721 g/mol. The maximum absolute atomic E-state index is 14.4. The fraction of sp³-hybridized carbons (Fsp3) is 0.350. The minimum Gasteiger partial charge on any atom is -0.467 e. The highest BCUT2D eigenvalue weighted by molar-refractivity contribution is 6.26. The van der Waals surface area contributed by atoms with E-state index in [9.17, 15) is 24.0 Å². The zero-order valence-corrected chi connectivity index (χ0v) is 30.8. The molecule has 276 valence electrons. The van der Waals surface area contributed by atoms with Crippen LogP contribution in [0.4, 0.5) is 4.79 Å². The number of carbonyl (C=O) groups excluding carboxylic acids is 4. The van der Waals surface area contributed by atoms with Crippen LogP contribution in [0, 0.1) is 13.8 Å². The van der Waals surface area contributed by atoms with E-state index in [2.05, 4.69) is 26.3 Å². The van der Waals surface area contributed by atoms with Gasteiger partial charge in [0.05, 0.1) is 41.2 Å². The molecule has 53 heavy (non-hydrogen) atoms. The van der Waals surface area contributed by atoms with Crippen molar-refractivity contribution < 1.29 is 28.7 Å². The van der Waals surface area contributed by atoms with Crippen molar-refractivity contribution in [2.75, 3.05) is 18.7 Å². The van der Waals surface area contributed by atoms with E-state index in [1.165, 1.54) is 35.0 Å². The molecule has 0 saturated carbocycles. The van der Waals surface area contributed by atoms with Crippen LogP contribution in [0.3, 0.4) is 0 Å². The standard InChI is InChI=1S/C40H44N6O7/c1-24-21-27-15-12-16-30-34(27)45(24)33(26-13-8-7-9-14-26)23-44(36(30)48)46-25(2)42-32-22-28(18-19-29(32)37(46)49)35(47)43-31(38(50)52-6)17-10-11-20-41-39(51)53-40(3,4)5/h7-9,13-14,16,18-19,21-23,31H,10-12,15,17,20H2,1-6H3,(H,41,51)(H,43,47)/t31-/m0/s1. The number of allylic oxidation sites excluding steroid dienone is 1. The van der Waals surface area contributed by atoms with Crippen molar-refractivity contribution in [3.05, 3.63) is 111 Å². The number of fused-ring (bicyclic) bond motifs is 1. The molecule has 0 spiro atoms.